The van der Waals surface area contributed by atoms with E-state index in [1.165, 1.54) is 0 Å². The highest BCUT2D eigenvalue weighted by Gasteiger charge is 2.12. The van der Waals surface area contributed by atoms with Gasteiger partial charge in [-0.2, -0.15) is 0 Å². The van der Waals surface area contributed by atoms with Crippen LogP contribution in [0.15, 0.2) is 102 Å². The molecular weight excluding hydrogens is 1360 g/mol. The highest BCUT2D eigenvalue weighted by Crippen LogP contribution is 2.41. The summed E-state index contributed by atoms with van der Waals surface area (Å²) in [7, 11) is 0. The molecule has 0 spiro atoms. The third-order valence-corrected chi connectivity index (χ3v) is 18.5. The van der Waals surface area contributed by atoms with Crippen molar-refractivity contribution >= 4 is 191 Å². The van der Waals surface area contributed by atoms with Crippen LogP contribution in [-0.2, 0) is 0 Å². The van der Waals surface area contributed by atoms with E-state index in [1.54, 1.807) is 0 Å². The van der Waals surface area contributed by atoms with Gasteiger partial charge in [0, 0.05) is 35.8 Å². The molecule has 0 saturated heterocycles. The van der Waals surface area contributed by atoms with Crippen molar-refractivity contribution in [1.82, 2.24) is 0 Å². The zero-order valence-electron chi connectivity index (χ0n) is 21.6. The van der Waals surface area contributed by atoms with Crippen LogP contribution in [0.2, 0.25) is 0 Å². The molecule has 0 aliphatic rings. The molecule has 0 unspecified atom stereocenters. The van der Waals surface area contributed by atoms with Gasteiger partial charge in [0.15, 0.2) is 0 Å². The van der Waals surface area contributed by atoms with Crippen LogP contribution in [0, 0.1) is 0 Å². The van der Waals surface area contributed by atoms with Crippen molar-refractivity contribution < 1.29 is 18.9 Å². The highest BCUT2D eigenvalue weighted by molar-refractivity contribution is 9.15. The van der Waals surface area contributed by atoms with Crippen molar-refractivity contribution in [3.8, 4) is 23.0 Å². The van der Waals surface area contributed by atoms with E-state index in [4.69, 9.17) is 18.9 Å². The predicted molar refractivity (Wildman–Crippen MR) is 220 cm³/mol. The fourth-order valence-corrected chi connectivity index (χ4v) is 8.62. The van der Waals surface area contributed by atoms with Crippen molar-refractivity contribution in [3.63, 3.8) is 0 Å². The number of hydrogen-bond donors (Lipinski definition) is 0. The lowest BCUT2D eigenvalue weighted by Gasteiger charge is -2.13. The second-order valence-electron chi connectivity index (χ2n) is 8.09. The van der Waals surface area contributed by atoms with Crippen LogP contribution in [0.5, 0.6) is 23.0 Å². The first kappa shape index (κ1) is 40.3. The van der Waals surface area contributed by atoms with Crippen LogP contribution in [-0.4, -0.2) is 26.4 Å². The summed E-state index contributed by atoms with van der Waals surface area (Å²) in [4.78, 5) is 0. The fraction of sp³-hybridized carbons (Fsp3) is 0.143. The maximum atomic E-state index is 5.73. The summed E-state index contributed by atoms with van der Waals surface area (Å²) in [6.07, 6.45) is 0. The number of halogens is 12. The molecule has 0 fully saturated rings. The maximum Gasteiger partial charge on any atom is 0.134 e. The van der Waals surface area contributed by atoms with Gasteiger partial charge in [0.2, 0.25) is 0 Å². The van der Waals surface area contributed by atoms with Crippen LogP contribution >= 0.6 is 191 Å². The van der Waals surface area contributed by atoms with Crippen molar-refractivity contribution in [2.24, 2.45) is 0 Å². The van der Waals surface area contributed by atoms with Crippen molar-refractivity contribution in [3.05, 3.63) is 102 Å². The Hall–Kier alpha value is 1.84. The van der Waals surface area contributed by atoms with E-state index >= 15 is 0 Å². The molecule has 16 heteroatoms. The van der Waals surface area contributed by atoms with E-state index in [-0.39, 0.29) is 0 Å². The molecular formula is C28H16Br12O4. The summed E-state index contributed by atoms with van der Waals surface area (Å²) in [6, 6.07) is 15.3. The Balaban J connectivity index is 0.000000240. The number of ether oxygens (including phenoxy) is 4. The average molecular weight is 1380 g/mol. The molecule has 0 aromatic heterocycles. The lowest BCUT2D eigenvalue weighted by Crippen LogP contribution is -2.09. The van der Waals surface area contributed by atoms with Crippen LogP contribution in [0.4, 0.5) is 0 Å². The van der Waals surface area contributed by atoms with Gasteiger partial charge in [0.05, 0.1) is 17.9 Å². The molecule has 4 aromatic rings. The molecule has 0 bridgehead atoms. The Morgan fingerprint density at radius 3 is 0.636 bits per heavy atom. The first-order valence-electron chi connectivity index (χ1n) is 11.9. The van der Waals surface area contributed by atoms with E-state index in [1.807, 2.05) is 48.5 Å². The standard InChI is InChI=1S/2C14H8Br6O2/c2*15-7-1-3-9(13(19)11(7)17)21-5-6-22-10-4-2-8(16)12(18)14(10)20/h2*1-4H,5-6H2. The first-order valence-corrected chi connectivity index (χ1v) is 21.4. The smallest absolute Gasteiger partial charge is 0.134 e. The minimum atomic E-state index is 0.437. The minimum absolute atomic E-state index is 0.437. The largest absolute Gasteiger partial charge is 0.489 e. The van der Waals surface area contributed by atoms with Crippen LogP contribution in [0.1, 0.15) is 0 Å². The van der Waals surface area contributed by atoms with Gasteiger partial charge >= 0.3 is 0 Å². The quantitative estimate of drug-likeness (QED) is 0.117. The Labute approximate surface area is 356 Å². The molecule has 44 heavy (non-hydrogen) atoms. The second kappa shape index (κ2) is 19.9. The lowest BCUT2D eigenvalue weighted by molar-refractivity contribution is 0.215. The molecule has 0 aliphatic carbocycles. The van der Waals surface area contributed by atoms with E-state index in [9.17, 15) is 0 Å². The third kappa shape index (κ3) is 11.4. The van der Waals surface area contributed by atoms with Gasteiger partial charge < -0.3 is 18.9 Å². The molecule has 0 aliphatic heterocycles. The van der Waals surface area contributed by atoms with Gasteiger partial charge in [-0.15, -0.1) is 0 Å². The number of hydrogen-bond acceptors (Lipinski definition) is 4. The topological polar surface area (TPSA) is 36.9 Å². The van der Waals surface area contributed by atoms with Gasteiger partial charge in [0.1, 0.15) is 49.4 Å². The Kier molecular flexibility index (Phi) is 18.2. The van der Waals surface area contributed by atoms with E-state index < -0.39 is 0 Å². The summed E-state index contributed by atoms with van der Waals surface area (Å²) >= 11 is 41.7. The Bertz CT molecular complexity index is 1380. The Morgan fingerprint density at radius 2 is 0.455 bits per heavy atom. The molecule has 0 heterocycles. The minimum Gasteiger partial charge on any atom is -0.489 e. The van der Waals surface area contributed by atoms with Gasteiger partial charge in [-0.3, -0.25) is 0 Å². The molecule has 0 saturated carbocycles. The predicted octanol–water partition coefficient (Wildman–Crippen LogP) is 15.4. The zero-order valence-corrected chi connectivity index (χ0v) is 40.6. The second-order valence-corrected chi connectivity index (χ2v) is 17.8. The maximum absolute atomic E-state index is 5.73. The normalized spacial score (nSPS) is 10.6. The number of rotatable bonds is 10. The highest BCUT2D eigenvalue weighted by atomic mass is 79.9. The lowest BCUT2D eigenvalue weighted by atomic mass is 10.3. The molecule has 236 valence electrons. The van der Waals surface area contributed by atoms with E-state index in [0.717, 1.165) is 76.7 Å². The van der Waals surface area contributed by atoms with Crippen molar-refractivity contribution in [2.45, 2.75) is 0 Å². The molecule has 4 rings (SSSR count). The summed E-state index contributed by atoms with van der Waals surface area (Å²) in [6.45, 7) is 1.75. The number of benzene rings is 4. The zero-order chi connectivity index (χ0) is 32.6. The Morgan fingerprint density at radius 1 is 0.273 bits per heavy atom. The first-order chi connectivity index (χ1) is 20.8. The summed E-state index contributed by atoms with van der Waals surface area (Å²) in [5, 5.41) is 0. The molecule has 0 radical (unpaired) electrons. The summed E-state index contributed by atoms with van der Waals surface area (Å²) < 4.78 is 33.9. The molecule has 0 amide bonds. The van der Waals surface area contributed by atoms with Crippen LogP contribution in [0.3, 0.4) is 0 Å². The van der Waals surface area contributed by atoms with Crippen molar-refractivity contribution in [2.75, 3.05) is 26.4 Å². The van der Waals surface area contributed by atoms with Gasteiger partial charge in [-0.25, -0.2) is 0 Å². The van der Waals surface area contributed by atoms with Gasteiger partial charge in [-0.05, 0) is 240 Å². The molecule has 0 N–H and O–H groups in total. The van der Waals surface area contributed by atoms with E-state index in [0.29, 0.717) is 26.4 Å². The molecule has 0 atom stereocenters. The van der Waals surface area contributed by atoms with Crippen molar-refractivity contribution in [1.29, 1.82) is 0 Å². The SMILES string of the molecule is Brc1ccc(OCCOc2ccc(Br)c(Br)c2Br)c(Br)c1Br.Brc1ccc(OCCOc2ccc(Br)c(Br)c2Br)c(Br)c1Br. The third-order valence-electron chi connectivity index (χ3n) is 5.20. The summed E-state index contributed by atoms with van der Waals surface area (Å²) in [5.41, 5.74) is 0. The summed E-state index contributed by atoms with van der Waals surface area (Å²) in [5.74, 6) is 3.04. The monoisotopic (exact) mass is 1360 g/mol. The van der Waals surface area contributed by atoms with Crippen LogP contribution in [0.25, 0.3) is 0 Å². The average Bonchev–Trinajstić information content (AvgIpc) is 3.01. The molecule has 4 aromatic carbocycles. The molecule has 4 nitrogen and oxygen atoms in total. The van der Waals surface area contributed by atoms with Crippen LogP contribution < -0.4 is 18.9 Å². The van der Waals surface area contributed by atoms with E-state index in [2.05, 4.69) is 191 Å². The fourth-order valence-electron chi connectivity index (χ4n) is 3.09. The van der Waals surface area contributed by atoms with Gasteiger partial charge in [0.25, 0.3) is 0 Å². The van der Waals surface area contributed by atoms with Gasteiger partial charge in [-0.1, -0.05) is 0 Å².